The Labute approximate surface area is 348 Å². The third-order valence-corrected chi connectivity index (χ3v) is 9.81. The monoisotopic (exact) mass is 840 g/mol. The fraction of sp³-hybridized carbons (Fsp3) is 0.439. The van der Waals surface area contributed by atoms with Gasteiger partial charge in [-0.2, -0.15) is 0 Å². The van der Waals surface area contributed by atoms with E-state index < -0.39 is 35.5 Å². The zero-order valence-electron chi connectivity index (χ0n) is 36.1. The number of methoxy groups -OCH3 is 1. The number of oxazole rings is 7. The number of rotatable bonds is 8. The van der Waals surface area contributed by atoms with E-state index in [-0.39, 0.29) is 58.4 Å². The second-order valence-corrected chi connectivity index (χ2v) is 16.1. The van der Waals surface area contributed by atoms with Crippen LogP contribution in [0.15, 0.2) is 30.9 Å². The van der Waals surface area contributed by atoms with E-state index in [1.165, 1.54) is 12.0 Å². The molecule has 1 aliphatic heterocycles. The third-order valence-electron chi connectivity index (χ3n) is 9.81. The molecule has 1 saturated heterocycles. The Bertz CT molecular complexity index is 2840. The first-order valence-corrected chi connectivity index (χ1v) is 19.3. The van der Waals surface area contributed by atoms with Crippen molar-refractivity contribution in [2.45, 2.75) is 113 Å². The predicted molar refractivity (Wildman–Crippen MR) is 209 cm³/mol. The van der Waals surface area contributed by atoms with Gasteiger partial charge < -0.3 is 45.1 Å². The third kappa shape index (κ3) is 7.19. The van der Waals surface area contributed by atoms with Gasteiger partial charge in [0.25, 0.3) is 0 Å². The molecule has 61 heavy (non-hydrogen) atoms. The molecule has 320 valence electrons. The van der Waals surface area contributed by atoms with E-state index in [1.807, 2.05) is 6.92 Å². The second kappa shape index (κ2) is 14.4. The van der Waals surface area contributed by atoms with Crippen LogP contribution in [0.5, 0.6) is 0 Å². The van der Waals surface area contributed by atoms with Crippen LogP contribution >= 0.6 is 0 Å². The number of hydrogen-bond acceptors (Lipinski definition) is 19. The van der Waals surface area contributed by atoms with Crippen molar-refractivity contribution in [3.63, 3.8) is 0 Å². The molecule has 7 aromatic rings. The van der Waals surface area contributed by atoms with Gasteiger partial charge in [-0.15, -0.1) is 0 Å². The van der Waals surface area contributed by atoms with Gasteiger partial charge in [0, 0.05) is 0 Å². The lowest BCUT2D eigenvalue weighted by atomic mass is 10.1. The highest BCUT2D eigenvalue weighted by atomic mass is 16.6. The minimum atomic E-state index is -0.999. The van der Waals surface area contributed by atoms with Crippen LogP contribution in [0.4, 0.5) is 4.79 Å². The van der Waals surface area contributed by atoms with Crippen LogP contribution in [-0.4, -0.2) is 76.4 Å². The molecule has 0 radical (unpaired) electrons. The summed E-state index contributed by atoms with van der Waals surface area (Å²) in [6.45, 7) is 22.7. The van der Waals surface area contributed by atoms with Crippen molar-refractivity contribution in [1.29, 1.82) is 0 Å². The van der Waals surface area contributed by atoms with Crippen molar-refractivity contribution in [1.82, 2.24) is 39.8 Å². The van der Waals surface area contributed by atoms with Gasteiger partial charge in [0.1, 0.15) is 57.7 Å². The lowest BCUT2D eigenvalue weighted by molar-refractivity contribution is -0.0760. The van der Waals surface area contributed by atoms with Gasteiger partial charge in [0.15, 0.2) is 39.9 Å². The first kappa shape index (κ1) is 40.9. The summed E-state index contributed by atoms with van der Waals surface area (Å²) in [4.78, 5) is 59.3. The molecule has 1 aliphatic rings. The Hall–Kier alpha value is -6.83. The van der Waals surface area contributed by atoms with Crippen LogP contribution in [0, 0.1) is 48.5 Å². The first-order chi connectivity index (χ1) is 28.6. The van der Waals surface area contributed by atoms with Crippen molar-refractivity contribution in [3.05, 3.63) is 51.9 Å². The first-order valence-electron chi connectivity index (χ1n) is 19.3. The summed E-state index contributed by atoms with van der Waals surface area (Å²) in [7, 11) is 1.26. The number of aryl methyl sites for hydroxylation is 7. The second-order valence-electron chi connectivity index (χ2n) is 16.1. The van der Waals surface area contributed by atoms with Crippen LogP contribution in [0.25, 0.3) is 69.5 Å². The van der Waals surface area contributed by atoms with Crippen LogP contribution in [0.3, 0.4) is 0 Å². The molecule has 0 saturated carbocycles. The Morgan fingerprint density at radius 1 is 0.557 bits per heavy atom. The average molecular weight is 841 g/mol. The summed E-state index contributed by atoms with van der Waals surface area (Å²) in [6.07, 6.45) is -1.03. The molecule has 0 N–H and O–H groups in total. The van der Waals surface area contributed by atoms with Crippen molar-refractivity contribution in [2.75, 3.05) is 7.11 Å². The molecule has 0 aromatic carbocycles. The van der Waals surface area contributed by atoms with E-state index in [4.69, 9.17) is 60.1 Å². The summed E-state index contributed by atoms with van der Waals surface area (Å²) < 4.78 is 58.7. The Kier molecular flexibility index (Phi) is 9.68. The fourth-order valence-electron chi connectivity index (χ4n) is 7.08. The van der Waals surface area contributed by atoms with E-state index in [9.17, 15) is 9.59 Å². The van der Waals surface area contributed by atoms with Gasteiger partial charge in [-0.05, 0) is 90.0 Å². The Morgan fingerprint density at radius 3 is 1.28 bits per heavy atom. The predicted octanol–water partition coefficient (Wildman–Crippen LogP) is 8.98. The fourth-order valence-corrected chi connectivity index (χ4v) is 7.08. The summed E-state index contributed by atoms with van der Waals surface area (Å²) in [6, 6.07) is -0.692. The van der Waals surface area contributed by atoms with Gasteiger partial charge in [0.2, 0.25) is 41.2 Å². The maximum Gasteiger partial charge on any atom is 0.413 e. The van der Waals surface area contributed by atoms with Gasteiger partial charge in [-0.1, -0.05) is 0 Å². The molecular weight excluding hydrogens is 796 g/mol. The summed E-state index contributed by atoms with van der Waals surface area (Å²) >= 11 is 0. The SMILES string of the molecule is COC(=O)c1nc(-c2nc(-c3nc(-c4nc(-c5nc(-c6nc(-c7nc([C@@H]8[C@@H](C)OC(C)(C)N8C(=O)OC(C)(C)C)oc7C)oc6C)oc5C)oc4C)oc3C)oc2C)oc1C. The number of carbonyl (C=O) groups is 2. The molecule has 0 aliphatic carbocycles. The molecule has 1 fully saturated rings. The molecule has 0 unspecified atom stereocenters. The van der Waals surface area contributed by atoms with Gasteiger partial charge >= 0.3 is 12.1 Å². The highest BCUT2D eigenvalue weighted by Gasteiger charge is 2.52. The lowest BCUT2D eigenvalue weighted by Crippen LogP contribution is -2.47. The molecule has 2 atom stereocenters. The van der Waals surface area contributed by atoms with Gasteiger partial charge in [-0.3, -0.25) is 4.90 Å². The zero-order chi connectivity index (χ0) is 44.0. The molecule has 8 rings (SSSR count). The minimum Gasteiger partial charge on any atom is -0.464 e. The molecule has 20 nitrogen and oxygen atoms in total. The molecule has 20 heteroatoms. The van der Waals surface area contributed by atoms with Crippen LogP contribution in [0.2, 0.25) is 0 Å². The summed E-state index contributed by atoms with van der Waals surface area (Å²) in [5, 5.41) is 0. The number of hydrogen-bond donors (Lipinski definition) is 0. The molecular formula is C41H44N8O12. The van der Waals surface area contributed by atoms with Crippen LogP contribution in [0.1, 0.15) is 104 Å². The normalized spacial score (nSPS) is 16.5. The largest absolute Gasteiger partial charge is 0.464 e. The average Bonchev–Trinajstić information content (AvgIpc) is 4.03. The summed E-state index contributed by atoms with van der Waals surface area (Å²) in [5.74, 6) is 3.11. The van der Waals surface area contributed by atoms with E-state index in [1.54, 1.807) is 83.1 Å². The van der Waals surface area contributed by atoms with Crippen LogP contribution in [-0.2, 0) is 14.2 Å². The lowest BCUT2D eigenvalue weighted by Gasteiger charge is -2.34. The van der Waals surface area contributed by atoms with Gasteiger partial charge in [-0.25, -0.2) is 44.5 Å². The molecule has 7 aromatic heterocycles. The van der Waals surface area contributed by atoms with Gasteiger partial charge in [0.05, 0.1) is 13.2 Å². The number of ether oxygens (including phenoxy) is 3. The summed E-state index contributed by atoms with van der Waals surface area (Å²) in [5.41, 5.74) is 0.190. The van der Waals surface area contributed by atoms with Crippen molar-refractivity contribution >= 4 is 12.1 Å². The maximum absolute atomic E-state index is 13.4. The van der Waals surface area contributed by atoms with Crippen molar-refractivity contribution in [3.8, 4) is 69.5 Å². The van der Waals surface area contributed by atoms with Crippen molar-refractivity contribution in [2.24, 2.45) is 0 Å². The van der Waals surface area contributed by atoms with Crippen LogP contribution < -0.4 is 0 Å². The van der Waals surface area contributed by atoms with E-state index >= 15 is 0 Å². The molecule has 0 spiro atoms. The molecule has 1 amide bonds. The van der Waals surface area contributed by atoms with Crippen molar-refractivity contribution < 1.29 is 54.7 Å². The number of aromatic nitrogens is 7. The highest BCUT2D eigenvalue weighted by molar-refractivity contribution is 5.88. The van der Waals surface area contributed by atoms with E-state index in [0.29, 0.717) is 63.0 Å². The zero-order valence-corrected chi connectivity index (χ0v) is 36.1. The van der Waals surface area contributed by atoms with E-state index in [2.05, 4.69) is 19.9 Å². The number of esters is 1. The number of nitrogens with zero attached hydrogens (tertiary/aromatic N) is 8. The van der Waals surface area contributed by atoms with E-state index in [0.717, 1.165) is 0 Å². The Balaban J connectivity index is 1.05. The highest BCUT2D eigenvalue weighted by Crippen LogP contribution is 2.44. The maximum atomic E-state index is 13.4. The standard InChI is InChI=1S/C41H44N8O12/c1-15-23(32-44-25(17(3)54-32)34-46-27(19(5)56-34)36-48-29(21(7)58-36)38(50)52-14)42-31(53-15)24-16(2)55-33(43-24)26-18(4)57-35(45-26)28-20(6)59-37(47-28)30-22(8)60-41(12,13)49(30)39(51)61-40(9,10)11/h22,30H,1-14H3/t22-,30+/m1/s1. The molecule has 8 heterocycles. The molecule has 0 bridgehead atoms. The topological polar surface area (TPSA) is 247 Å². The number of carbonyl (C=O) groups excluding carboxylic acids is 2. The smallest absolute Gasteiger partial charge is 0.413 e. The minimum absolute atomic E-state index is 0.0367. The quantitative estimate of drug-likeness (QED) is 0.129. The number of amides is 1. The Morgan fingerprint density at radius 2 is 0.902 bits per heavy atom.